The summed E-state index contributed by atoms with van der Waals surface area (Å²) in [6.07, 6.45) is 0. The third kappa shape index (κ3) is 3.73. The molecule has 4 nitrogen and oxygen atoms in total. The number of hydrogen-bond acceptors (Lipinski definition) is 3. The van der Waals surface area contributed by atoms with Gasteiger partial charge in [0.25, 0.3) is 0 Å². The maximum atomic E-state index is 11.4. The van der Waals surface area contributed by atoms with Gasteiger partial charge in [-0.25, -0.2) is 13.6 Å². The van der Waals surface area contributed by atoms with Gasteiger partial charge < -0.3 is 4.90 Å². The Morgan fingerprint density at radius 2 is 1.16 bits per heavy atom. The lowest BCUT2D eigenvalue weighted by atomic mass is 9.94. The van der Waals surface area contributed by atoms with Crippen molar-refractivity contribution in [2.75, 3.05) is 19.0 Å². The molecule has 0 aromatic heterocycles. The molecule has 3 aromatic rings. The van der Waals surface area contributed by atoms with Crippen molar-refractivity contribution >= 4 is 15.7 Å². The number of rotatable bonds is 4. The summed E-state index contributed by atoms with van der Waals surface area (Å²) in [5.41, 5.74) is 5.33. The standard InChI is InChI=1S/C20H20N2O2S/c1-22(2)17-11-7-15(8-12-17)19-5-3-4-6-20(19)16-9-13-18(14-10-16)25(21,23)24/h3-14H,1-2H3,(H2,21,23,24). The molecule has 0 radical (unpaired) electrons. The molecule has 0 aliphatic carbocycles. The molecule has 0 saturated carbocycles. The third-order valence-corrected chi connectivity index (χ3v) is 5.04. The first-order valence-corrected chi connectivity index (χ1v) is 9.41. The summed E-state index contributed by atoms with van der Waals surface area (Å²) in [6, 6.07) is 23.0. The Morgan fingerprint density at radius 1 is 0.720 bits per heavy atom. The first kappa shape index (κ1) is 17.2. The molecule has 0 aliphatic heterocycles. The van der Waals surface area contributed by atoms with E-state index in [0.717, 1.165) is 27.9 Å². The van der Waals surface area contributed by atoms with Crippen LogP contribution in [0.3, 0.4) is 0 Å². The van der Waals surface area contributed by atoms with E-state index in [-0.39, 0.29) is 4.90 Å². The van der Waals surface area contributed by atoms with Gasteiger partial charge in [0.05, 0.1) is 4.90 Å². The fraction of sp³-hybridized carbons (Fsp3) is 0.100. The molecular formula is C20H20N2O2S. The average molecular weight is 352 g/mol. The van der Waals surface area contributed by atoms with Crippen LogP contribution in [0.25, 0.3) is 22.3 Å². The minimum atomic E-state index is -3.68. The van der Waals surface area contributed by atoms with E-state index in [9.17, 15) is 8.42 Å². The predicted molar refractivity (Wildman–Crippen MR) is 103 cm³/mol. The third-order valence-electron chi connectivity index (χ3n) is 4.12. The minimum absolute atomic E-state index is 0.115. The lowest BCUT2D eigenvalue weighted by Gasteiger charge is -2.14. The molecule has 0 spiro atoms. The lowest BCUT2D eigenvalue weighted by molar-refractivity contribution is 0.598. The van der Waals surface area contributed by atoms with E-state index >= 15 is 0 Å². The Hall–Kier alpha value is -2.63. The van der Waals surface area contributed by atoms with Crippen molar-refractivity contribution in [3.8, 4) is 22.3 Å². The fourth-order valence-electron chi connectivity index (χ4n) is 2.75. The molecule has 0 amide bonds. The molecular weight excluding hydrogens is 332 g/mol. The Kier molecular flexibility index (Phi) is 4.61. The SMILES string of the molecule is CN(C)c1ccc(-c2ccccc2-c2ccc(S(N)(=O)=O)cc2)cc1. The van der Waals surface area contributed by atoms with E-state index in [4.69, 9.17) is 5.14 Å². The number of anilines is 1. The molecule has 25 heavy (non-hydrogen) atoms. The van der Waals surface area contributed by atoms with Gasteiger partial charge in [-0.05, 0) is 46.5 Å². The first-order valence-electron chi connectivity index (χ1n) is 7.86. The van der Waals surface area contributed by atoms with Gasteiger partial charge in [-0.1, -0.05) is 48.5 Å². The van der Waals surface area contributed by atoms with Crippen LogP contribution < -0.4 is 10.0 Å². The van der Waals surface area contributed by atoms with E-state index in [1.54, 1.807) is 12.1 Å². The van der Waals surface area contributed by atoms with Crippen LogP contribution in [0.4, 0.5) is 5.69 Å². The van der Waals surface area contributed by atoms with Gasteiger partial charge in [0.1, 0.15) is 0 Å². The van der Waals surface area contributed by atoms with Gasteiger partial charge in [-0.3, -0.25) is 0 Å². The number of primary sulfonamides is 1. The van der Waals surface area contributed by atoms with Gasteiger partial charge in [-0.15, -0.1) is 0 Å². The summed E-state index contributed by atoms with van der Waals surface area (Å²) in [5, 5.41) is 5.17. The summed E-state index contributed by atoms with van der Waals surface area (Å²) in [4.78, 5) is 2.17. The number of benzene rings is 3. The van der Waals surface area contributed by atoms with Crippen molar-refractivity contribution in [1.29, 1.82) is 0 Å². The summed E-state index contributed by atoms with van der Waals surface area (Å²) in [6.45, 7) is 0. The second-order valence-corrected chi connectivity index (χ2v) is 7.62. The Labute approximate surface area is 148 Å². The summed E-state index contributed by atoms with van der Waals surface area (Å²) < 4.78 is 22.9. The fourth-order valence-corrected chi connectivity index (χ4v) is 3.27. The quantitative estimate of drug-likeness (QED) is 0.778. The van der Waals surface area contributed by atoms with Crippen molar-refractivity contribution in [3.63, 3.8) is 0 Å². The summed E-state index contributed by atoms with van der Waals surface area (Å²) in [7, 11) is 0.338. The van der Waals surface area contributed by atoms with E-state index in [1.165, 1.54) is 12.1 Å². The normalized spacial score (nSPS) is 11.3. The average Bonchev–Trinajstić information content (AvgIpc) is 2.61. The second kappa shape index (κ2) is 6.70. The number of hydrogen-bond donors (Lipinski definition) is 1. The van der Waals surface area contributed by atoms with Gasteiger partial charge in [-0.2, -0.15) is 0 Å². The molecule has 2 N–H and O–H groups in total. The largest absolute Gasteiger partial charge is 0.378 e. The van der Waals surface area contributed by atoms with Crippen LogP contribution in [0, 0.1) is 0 Å². The zero-order valence-electron chi connectivity index (χ0n) is 14.2. The van der Waals surface area contributed by atoms with E-state index < -0.39 is 10.0 Å². The monoisotopic (exact) mass is 352 g/mol. The van der Waals surface area contributed by atoms with Crippen molar-refractivity contribution in [3.05, 3.63) is 72.8 Å². The van der Waals surface area contributed by atoms with Crippen LogP contribution in [0.5, 0.6) is 0 Å². The molecule has 0 fully saturated rings. The predicted octanol–water partition coefficient (Wildman–Crippen LogP) is 3.73. The van der Waals surface area contributed by atoms with Gasteiger partial charge in [0, 0.05) is 19.8 Å². The van der Waals surface area contributed by atoms with E-state index in [1.807, 2.05) is 32.3 Å². The van der Waals surface area contributed by atoms with Gasteiger partial charge in [0.2, 0.25) is 10.0 Å². The van der Waals surface area contributed by atoms with Crippen LogP contribution >= 0.6 is 0 Å². The smallest absolute Gasteiger partial charge is 0.238 e. The Morgan fingerprint density at radius 3 is 1.56 bits per heavy atom. The topological polar surface area (TPSA) is 63.4 Å². The van der Waals surface area contributed by atoms with Gasteiger partial charge in [0.15, 0.2) is 0 Å². The molecule has 0 aliphatic rings. The highest BCUT2D eigenvalue weighted by Crippen LogP contribution is 2.33. The summed E-state index contributed by atoms with van der Waals surface area (Å²) >= 11 is 0. The second-order valence-electron chi connectivity index (χ2n) is 6.06. The number of nitrogens with two attached hydrogens (primary N) is 1. The van der Waals surface area contributed by atoms with Crippen LogP contribution in [-0.4, -0.2) is 22.5 Å². The molecule has 3 rings (SSSR count). The maximum Gasteiger partial charge on any atom is 0.238 e. The minimum Gasteiger partial charge on any atom is -0.378 e. The highest BCUT2D eigenvalue weighted by atomic mass is 32.2. The van der Waals surface area contributed by atoms with Crippen LogP contribution in [0.2, 0.25) is 0 Å². The zero-order valence-corrected chi connectivity index (χ0v) is 15.0. The molecule has 0 heterocycles. The molecule has 0 saturated heterocycles. The number of nitrogens with zero attached hydrogens (tertiary/aromatic N) is 1. The molecule has 0 atom stereocenters. The lowest BCUT2D eigenvalue weighted by Crippen LogP contribution is -2.11. The summed E-state index contributed by atoms with van der Waals surface area (Å²) in [5.74, 6) is 0. The Balaban J connectivity index is 2.04. The van der Waals surface area contributed by atoms with Crippen molar-refractivity contribution < 1.29 is 8.42 Å². The van der Waals surface area contributed by atoms with Crippen LogP contribution in [0.1, 0.15) is 0 Å². The highest BCUT2D eigenvalue weighted by Gasteiger charge is 2.10. The molecule has 0 unspecified atom stereocenters. The van der Waals surface area contributed by atoms with E-state index in [2.05, 4.69) is 35.2 Å². The number of sulfonamides is 1. The van der Waals surface area contributed by atoms with Gasteiger partial charge >= 0.3 is 0 Å². The first-order chi connectivity index (χ1) is 11.9. The maximum absolute atomic E-state index is 11.4. The van der Waals surface area contributed by atoms with Crippen LogP contribution in [-0.2, 0) is 10.0 Å². The van der Waals surface area contributed by atoms with Crippen molar-refractivity contribution in [1.82, 2.24) is 0 Å². The Bertz CT molecular complexity index is 977. The molecule has 3 aromatic carbocycles. The molecule has 0 bridgehead atoms. The molecule has 128 valence electrons. The van der Waals surface area contributed by atoms with Crippen molar-refractivity contribution in [2.45, 2.75) is 4.90 Å². The van der Waals surface area contributed by atoms with Crippen LogP contribution in [0.15, 0.2) is 77.7 Å². The molecule has 5 heteroatoms. The van der Waals surface area contributed by atoms with E-state index in [0.29, 0.717) is 0 Å². The highest BCUT2D eigenvalue weighted by molar-refractivity contribution is 7.89. The van der Waals surface area contributed by atoms with Crippen molar-refractivity contribution in [2.24, 2.45) is 5.14 Å². The zero-order chi connectivity index (χ0) is 18.0.